The molecule has 2 aliphatic heterocycles. The second-order valence-corrected chi connectivity index (χ2v) is 8.46. The summed E-state index contributed by atoms with van der Waals surface area (Å²) in [5.74, 6) is 1.50. The summed E-state index contributed by atoms with van der Waals surface area (Å²) in [7, 11) is 0. The van der Waals surface area contributed by atoms with E-state index >= 15 is 0 Å². The van der Waals surface area contributed by atoms with E-state index < -0.39 is 5.72 Å². The first-order chi connectivity index (χ1) is 12.9. The lowest BCUT2D eigenvalue weighted by atomic mass is 9.77. The van der Waals surface area contributed by atoms with Crippen LogP contribution >= 0.6 is 0 Å². The number of hydrogen-bond donors (Lipinski definition) is 0. The molecule has 2 fully saturated rings. The van der Waals surface area contributed by atoms with Gasteiger partial charge in [0, 0.05) is 17.2 Å². The normalized spacial score (nSPS) is 26.8. The Bertz CT molecular complexity index is 873. The zero-order valence-corrected chi connectivity index (χ0v) is 16.9. The number of hydrogen-bond acceptors (Lipinski definition) is 3. The zero-order valence-electron chi connectivity index (χ0n) is 16.9. The molecule has 4 rings (SSSR count). The summed E-state index contributed by atoms with van der Waals surface area (Å²) in [4.78, 5) is 15.3. The molecule has 1 unspecified atom stereocenters. The molecular formula is C23H29NO3. The molecule has 0 radical (unpaired) electrons. The first kappa shape index (κ1) is 18.3. The average molecular weight is 367 g/mol. The summed E-state index contributed by atoms with van der Waals surface area (Å²) < 4.78 is 11.9. The molecule has 3 atom stereocenters. The Morgan fingerprint density at radius 1 is 1.19 bits per heavy atom. The highest BCUT2D eigenvalue weighted by atomic mass is 16.5. The molecule has 2 saturated heterocycles. The van der Waals surface area contributed by atoms with Crippen molar-refractivity contribution in [2.75, 3.05) is 13.2 Å². The Kier molecular flexibility index (Phi) is 4.42. The van der Waals surface area contributed by atoms with Gasteiger partial charge < -0.3 is 14.4 Å². The minimum Gasteiger partial charge on any atom is -0.493 e. The van der Waals surface area contributed by atoms with Crippen LogP contribution in [0, 0.1) is 11.8 Å². The van der Waals surface area contributed by atoms with Gasteiger partial charge in [0.25, 0.3) is 0 Å². The number of carbonyl (C=O) groups excluding carboxylic acids is 1. The number of ether oxygens (including phenoxy) is 2. The molecule has 2 aliphatic rings. The topological polar surface area (TPSA) is 38.8 Å². The molecule has 2 aromatic carbocycles. The minimum absolute atomic E-state index is 0.0282. The van der Waals surface area contributed by atoms with Crippen LogP contribution in [0.25, 0.3) is 10.8 Å². The predicted octanol–water partition coefficient (Wildman–Crippen LogP) is 4.57. The lowest BCUT2D eigenvalue weighted by Gasteiger charge is -2.30. The highest BCUT2D eigenvalue weighted by Crippen LogP contribution is 2.50. The highest BCUT2D eigenvalue weighted by Gasteiger charge is 2.58. The van der Waals surface area contributed by atoms with Crippen LogP contribution in [0.4, 0.5) is 0 Å². The summed E-state index contributed by atoms with van der Waals surface area (Å²) in [6.45, 7) is 11.5. The smallest absolute Gasteiger partial charge is 0.229 e. The molecule has 144 valence electrons. The van der Waals surface area contributed by atoms with Gasteiger partial charge in [0.2, 0.25) is 5.91 Å². The molecule has 0 aromatic heterocycles. The Balaban J connectivity index is 1.89. The van der Waals surface area contributed by atoms with Crippen LogP contribution < -0.4 is 4.74 Å². The monoisotopic (exact) mass is 367 g/mol. The number of amides is 1. The second-order valence-electron chi connectivity index (χ2n) is 8.46. The van der Waals surface area contributed by atoms with E-state index in [1.165, 1.54) is 10.9 Å². The van der Waals surface area contributed by atoms with E-state index in [-0.39, 0.29) is 29.7 Å². The molecule has 1 amide bonds. The summed E-state index contributed by atoms with van der Waals surface area (Å²) in [6, 6.07) is 12.7. The lowest BCUT2D eigenvalue weighted by molar-refractivity contribution is -0.146. The number of benzene rings is 2. The van der Waals surface area contributed by atoms with E-state index in [4.69, 9.17) is 9.47 Å². The van der Waals surface area contributed by atoms with Crippen LogP contribution in [-0.2, 0) is 9.53 Å². The van der Waals surface area contributed by atoms with E-state index in [1.54, 1.807) is 0 Å². The van der Waals surface area contributed by atoms with Crippen LogP contribution in [0.5, 0.6) is 5.75 Å². The molecule has 0 saturated carbocycles. The maximum absolute atomic E-state index is 13.4. The number of carbonyl (C=O) groups is 1. The zero-order chi connectivity index (χ0) is 19.3. The molecular weight excluding hydrogens is 338 g/mol. The summed E-state index contributed by atoms with van der Waals surface area (Å²) in [5, 5.41) is 2.29. The van der Waals surface area contributed by atoms with Gasteiger partial charge in [0.1, 0.15) is 11.5 Å². The SMILES string of the molecule is CCOc1ccc([C@@H]2C3COC(C)(C)N3C(=O)[C@@H]2C(C)C)c2ccccc12. The molecule has 4 nitrogen and oxygen atoms in total. The third-order valence-electron chi connectivity index (χ3n) is 6.14. The number of rotatable bonds is 4. The largest absolute Gasteiger partial charge is 0.493 e. The van der Waals surface area contributed by atoms with Gasteiger partial charge in [-0.3, -0.25) is 4.79 Å². The molecule has 2 aromatic rings. The fraction of sp³-hybridized carbons (Fsp3) is 0.522. The Labute approximate surface area is 161 Å². The summed E-state index contributed by atoms with van der Waals surface area (Å²) in [6.07, 6.45) is 0. The lowest BCUT2D eigenvalue weighted by Crippen LogP contribution is -2.44. The van der Waals surface area contributed by atoms with Crippen molar-refractivity contribution >= 4 is 16.7 Å². The van der Waals surface area contributed by atoms with Crippen LogP contribution in [0.15, 0.2) is 36.4 Å². The van der Waals surface area contributed by atoms with Crippen molar-refractivity contribution in [2.45, 2.75) is 52.3 Å². The average Bonchev–Trinajstić information content (AvgIpc) is 3.11. The fourth-order valence-corrected chi connectivity index (χ4v) is 5.05. The Hall–Kier alpha value is -2.07. The van der Waals surface area contributed by atoms with E-state index in [9.17, 15) is 4.79 Å². The van der Waals surface area contributed by atoms with E-state index in [1.807, 2.05) is 31.7 Å². The van der Waals surface area contributed by atoms with Crippen LogP contribution in [0.1, 0.15) is 46.1 Å². The van der Waals surface area contributed by atoms with Crippen LogP contribution in [0.3, 0.4) is 0 Å². The number of nitrogens with zero attached hydrogens (tertiary/aromatic N) is 1. The molecule has 4 heteroatoms. The molecule has 0 bridgehead atoms. The first-order valence-electron chi connectivity index (χ1n) is 9.98. The van der Waals surface area contributed by atoms with Gasteiger partial charge >= 0.3 is 0 Å². The van der Waals surface area contributed by atoms with Gasteiger partial charge in [-0.05, 0) is 43.7 Å². The highest BCUT2D eigenvalue weighted by molar-refractivity contribution is 5.93. The van der Waals surface area contributed by atoms with Crippen LogP contribution in [-0.4, -0.2) is 35.8 Å². The van der Waals surface area contributed by atoms with E-state index in [0.29, 0.717) is 13.2 Å². The third-order valence-corrected chi connectivity index (χ3v) is 6.14. The van der Waals surface area contributed by atoms with Crippen molar-refractivity contribution in [3.05, 3.63) is 42.0 Å². The van der Waals surface area contributed by atoms with Crippen LogP contribution in [0.2, 0.25) is 0 Å². The fourth-order valence-electron chi connectivity index (χ4n) is 5.05. The van der Waals surface area contributed by atoms with E-state index in [2.05, 4.69) is 44.2 Å². The van der Waals surface area contributed by atoms with Crippen molar-refractivity contribution < 1.29 is 14.3 Å². The van der Waals surface area contributed by atoms with Gasteiger partial charge in [0.15, 0.2) is 0 Å². The molecule has 0 aliphatic carbocycles. The quantitative estimate of drug-likeness (QED) is 0.794. The minimum atomic E-state index is -0.537. The van der Waals surface area contributed by atoms with Crippen molar-refractivity contribution in [1.82, 2.24) is 4.90 Å². The van der Waals surface area contributed by atoms with Crippen molar-refractivity contribution in [3.8, 4) is 5.75 Å². The van der Waals surface area contributed by atoms with Crippen molar-refractivity contribution in [3.63, 3.8) is 0 Å². The van der Waals surface area contributed by atoms with Gasteiger partial charge in [-0.25, -0.2) is 0 Å². The predicted molar refractivity (Wildman–Crippen MR) is 107 cm³/mol. The maximum atomic E-state index is 13.4. The first-order valence-corrected chi connectivity index (χ1v) is 9.98. The van der Waals surface area contributed by atoms with Crippen molar-refractivity contribution in [1.29, 1.82) is 0 Å². The third kappa shape index (κ3) is 2.73. The maximum Gasteiger partial charge on any atom is 0.229 e. The molecule has 0 N–H and O–H groups in total. The Morgan fingerprint density at radius 3 is 2.56 bits per heavy atom. The van der Waals surface area contributed by atoms with Gasteiger partial charge in [-0.2, -0.15) is 0 Å². The molecule has 27 heavy (non-hydrogen) atoms. The van der Waals surface area contributed by atoms with Gasteiger partial charge in [-0.15, -0.1) is 0 Å². The number of fused-ring (bicyclic) bond motifs is 2. The second kappa shape index (κ2) is 6.52. The standard InChI is InChI=1S/C23H29NO3/c1-6-26-19-12-11-17(15-9-7-8-10-16(15)19)21-18-13-27-23(4,5)24(18)22(25)20(21)14(2)3/h7-12,14,18,20-21H,6,13H2,1-5H3/t18?,20-,21-/m1/s1. The Morgan fingerprint density at radius 2 is 1.89 bits per heavy atom. The molecule has 2 heterocycles. The summed E-state index contributed by atoms with van der Waals surface area (Å²) in [5.41, 5.74) is 0.694. The molecule has 0 spiro atoms. The van der Waals surface area contributed by atoms with Gasteiger partial charge in [0.05, 0.1) is 19.3 Å². The van der Waals surface area contributed by atoms with Gasteiger partial charge in [-0.1, -0.05) is 44.2 Å². The summed E-state index contributed by atoms with van der Waals surface area (Å²) >= 11 is 0. The van der Waals surface area contributed by atoms with Crippen molar-refractivity contribution in [2.24, 2.45) is 11.8 Å². The van der Waals surface area contributed by atoms with E-state index in [0.717, 1.165) is 11.1 Å².